The highest BCUT2D eigenvalue weighted by atomic mass is 32.2. The van der Waals surface area contributed by atoms with Crippen LogP contribution in [-0.4, -0.2) is 33.7 Å². The number of nitrogens with one attached hydrogen (secondary N) is 2. The molecule has 1 unspecified atom stereocenters. The van der Waals surface area contributed by atoms with E-state index in [9.17, 15) is 4.79 Å². The zero-order valence-electron chi connectivity index (χ0n) is 10.2. The molecule has 0 aromatic carbocycles. The third-order valence-electron chi connectivity index (χ3n) is 2.89. The van der Waals surface area contributed by atoms with Crippen molar-refractivity contribution in [2.24, 2.45) is 0 Å². The van der Waals surface area contributed by atoms with Crippen LogP contribution >= 0.6 is 11.8 Å². The van der Waals surface area contributed by atoms with Crippen LogP contribution in [0.25, 0.3) is 0 Å². The summed E-state index contributed by atoms with van der Waals surface area (Å²) in [6.07, 6.45) is 3.59. The molecule has 1 atom stereocenters. The van der Waals surface area contributed by atoms with Crippen LogP contribution in [-0.2, 0) is 11.2 Å². The summed E-state index contributed by atoms with van der Waals surface area (Å²) in [6, 6.07) is 2.37. The molecule has 5 heteroatoms. The molecule has 0 radical (unpaired) electrons. The zero-order valence-corrected chi connectivity index (χ0v) is 11.0. The number of aromatic amines is 1. The van der Waals surface area contributed by atoms with Crippen LogP contribution in [0, 0.1) is 6.92 Å². The van der Waals surface area contributed by atoms with Gasteiger partial charge in [-0.2, -0.15) is 16.9 Å². The first kappa shape index (κ1) is 12.5. The summed E-state index contributed by atoms with van der Waals surface area (Å²) >= 11 is 1.93. The predicted molar refractivity (Wildman–Crippen MR) is 70.1 cm³/mol. The van der Waals surface area contributed by atoms with Gasteiger partial charge in [0.1, 0.15) is 0 Å². The van der Waals surface area contributed by atoms with E-state index in [1.807, 2.05) is 24.8 Å². The topological polar surface area (TPSA) is 57.8 Å². The Labute approximate surface area is 106 Å². The van der Waals surface area contributed by atoms with E-state index in [0.29, 0.717) is 12.5 Å². The SMILES string of the molecule is Cc1cc(CCC(=O)NC2CCCSC2)n[nH]1. The van der Waals surface area contributed by atoms with Crippen molar-refractivity contribution in [2.75, 3.05) is 11.5 Å². The molecule has 1 aromatic rings. The summed E-state index contributed by atoms with van der Waals surface area (Å²) in [7, 11) is 0. The Kier molecular flexibility index (Phi) is 4.48. The fraction of sp³-hybridized carbons (Fsp3) is 0.667. The smallest absolute Gasteiger partial charge is 0.220 e. The second-order valence-corrected chi connectivity index (χ2v) is 5.67. The van der Waals surface area contributed by atoms with Gasteiger partial charge in [-0.15, -0.1) is 0 Å². The number of aromatic nitrogens is 2. The van der Waals surface area contributed by atoms with Gasteiger partial charge < -0.3 is 5.32 Å². The van der Waals surface area contributed by atoms with Gasteiger partial charge >= 0.3 is 0 Å². The summed E-state index contributed by atoms with van der Waals surface area (Å²) in [4.78, 5) is 11.7. The number of carbonyl (C=O) groups is 1. The molecular weight excluding hydrogens is 234 g/mol. The number of carbonyl (C=O) groups excluding carboxylic acids is 1. The summed E-state index contributed by atoms with van der Waals surface area (Å²) in [5.74, 6) is 2.45. The quantitative estimate of drug-likeness (QED) is 0.858. The largest absolute Gasteiger partial charge is 0.353 e. The van der Waals surface area contributed by atoms with Crippen molar-refractivity contribution >= 4 is 17.7 Å². The molecule has 2 heterocycles. The predicted octanol–water partition coefficient (Wildman–Crippen LogP) is 1.66. The molecule has 1 saturated heterocycles. The Balaban J connectivity index is 1.70. The van der Waals surface area contributed by atoms with Crippen LogP contribution in [0.4, 0.5) is 0 Å². The summed E-state index contributed by atoms with van der Waals surface area (Å²) in [6.45, 7) is 1.97. The number of hydrogen-bond acceptors (Lipinski definition) is 3. The van der Waals surface area contributed by atoms with E-state index >= 15 is 0 Å². The molecule has 1 fully saturated rings. The summed E-state index contributed by atoms with van der Waals surface area (Å²) in [5, 5.41) is 10.1. The van der Waals surface area contributed by atoms with Gasteiger partial charge in [-0.1, -0.05) is 0 Å². The number of amides is 1. The lowest BCUT2D eigenvalue weighted by atomic mass is 10.1. The minimum Gasteiger partial charge on any atom is -0.353 e. The minimum absolute atomic E-state index is 0.151. The van der Waals surface area contributed by atoms with E-state index in [1.165, 1.54) is 12.2 Å². The lowest BCUT2D eigenvalue weighted by Crippen LogP contribution is -2.38. The zero-order chi connectivity index (χ0) is 12.1. The van der Waals surface area contributed by atoms with Crippen LogP contribution in [0.2, 0.25) is 0 Å². The molecular formula is C12H19N3OS. The van der Waals surface area contributed by atoms with Gasteiger partial charge in [-0.25, -0.2) is 0 Å². The number of H-pyrrole nitrogens is 1. The minimum atomic E-state index is 0.151. The van der Waals surface area contributed by atoms with Gasteiger partial charge in [-0.3, -0.25) is 9.89 Å². The van der Waals surface area contributed by atoms with E-state index in [0.717, 1.165) is 30.0 Å². The normalized spacial score (nSPS) is 20.2. The van der Waals surface area contributed by atoms with E-state index in [1.54, 1.807) is 0 Å². The lowest BCUT2D eigenvalue weighted by Gasteiger charge is -2.22. The highest BCUT2D eigenvalue weighted by molar-refractivity contribution is 7.99. The molecule has 0 spiro atoms. The summed E-state index contributed by atoms with van der Waals surface area (Å²) in [5.41, 5.74) is 2.01. The molecule has 2 N–H and O–H groups in total. The second-order valence-electron chi connectivity index (χ2n) is 4.52. The molecule has 2 rings (SSSR count). The molecule has 1 aliphatic heterocycles. The first-order chi connectivity index (χ1) is 8.24. The summed E-state index contributed by atoms with van der Waals surface area (Å²) < 4.78 is 0. The van der Waals surface area contributed by atoms with Crippen LogP contribution < -0.4 is 5.32 Å². The van der Waals surface area contributed by atoms with Crippen molar-refractivity contribution in [3.63, 3.8) is 0 Å². The van der Waals surface area contributed by atoms with Crippen LogP contribution in [0.1, 0.15) is 30.7 Å². The van der Waals surface area contributed by atoms with Gasteiger partial charge in [0.05, 0.1) is 5.69 Å². The first-order valence-corrected chi connectivity index (χ1v) is 7.27. The van der Waals surface area contributed by atoms with Gasteiger partial charge in [0.2, 0.25) is 5.91 Å². The Morgan fingerprint density at radius 1 is 1.71 bits per heavy atom. The molecule has 0 saturated carbocycles. The van der Waals surface area contributed by atoms with E-state index < -0.39 is 0 Å². The third kappa shape index (κ3) is 4.07. The van der Waals surface area contributed by atoms with Gasteiger partial charge in [0, 0.05) is 30.3 Å². The number of rotatable bonds is 4. The maximum atomic E-state index is 11.7. The molecule has 1 aromatic heterocycles. The Morgan fingerprint density at radius 2 is 2.59 bits per heavy atom. The standard InChI is InChI=1S/C12H19N3OS/c1-9-7-10(15-14-9)4-5-12(16)13-11-3-2-6-17-8-11/h7,11H,2-6,8H2,1H3,(H,13,16)(H,14,15). The Morgan fingerprint density at radius 3 is 3.24 bits per heavy atom. The van der Waals surface area contributed by atoms with Crippen molar-refractivity contribution in [3.8, 4) is 0 Å². The fourth-order valence-corrected chi connectivity index (χ4v) is 3.07. The fourth-order valence-electron chi connectivity index (χ4n) is 2.00. The lowest BCUT2D eigenvalue weighted by molar-refractivity contribution is -0.121. The average Bonchev–Trinajstić information content (AvgIpc) is 2.74. The molecule has 17 heavy (non-hydrogen) atoms. The molecule has 0 bridgehead atoms. The molecule has 94 valence electrons. The highest BCUT2D eigenvalue weighted by Gasteiger charge is 2.15. The van der Waals surface area contributed by atoms with Crippen LogP contribution in [0.3, 0.4) is 0 Å². The highest BCUT2D eigenvalue weighted by Crippen LogP contribution is 2.16. The van der Waals surface area contributed by atoms with Crippen molar-refractivity contribution in [2.45, 2.75) is 38.6 Å². The number of aryl methyl sites for hydroxylation is 2. The third-order valence-corrected chi connectivity index (χ3v) is 4.11. The molecule has 4 nitrogen and oxygen atoms in total. The maximum Gasteiger partial charge on any atom is 0.220 e. The Bertz CT molecular complexity index is 372. The average molecular weight is 253 g/mol. The van der Waals surface area contributed by atoms with E-state index in [4.69, 9.17) is 0 Å². The van der Waals surface area contributed by atoms with E-state index in [2.05, 4.69) is 15.5 Å². The molecule has 0 aliphatic carbocycles. The molecule has 1 aliphatic rings. The number of nitrogens with zero attached hydrogens (tertiary/aromatic N) is 1. The maximum absolute atomic E-state index is 11.7. The van der Waals surface area contributed by atoms with Crippen LogP contribution in [0.5, 0.6) is 0 Å². The number of hydrogen-bond donors (Lipinski definition) is 2. The monoisotopic (exact) mass is 253 g/mol. The first-order valence-electron chi connectivity index (χ1n) is 6.12. The molecule has 1 amide bonds. The van der Waals surface area contributed by atoms with Crippen molar-refractivity contribution in [1.29, 1.82) is 0 Å². The van der Waals surface area contributed by atoms with Gasteiger partial charge in [-0.05, 0) is 31.6 Å². The van der Waals surface area contributed by atoms with Crippen molar-refractivity contribution in [1.82, 2.24) is 15.5 Å². The van der Waals surface area contributed by atoms with Crippen molar-refractivity contribution < 1.29 is 4.79 Å². The van der Waals surface area contributed by atoms with Crippen LogP contribution in [0.15, 0.2) is 6.07 Å². The second kappa shape index (κ2) is 6.10. The van der Waals surface area contributed by atoms with Gasteiger partial charge in [0.25, 0.3) is 0 Å². The number of thioether (sulfide) groups is 1. The van der Waals surface area contributed by atoms with Gasteiger partial charge in [0.15, 0.2) is 0 Å². The van der Waals surface area contributed by atoms with E-state index in [-0.39, 0.29) is 5.91 Å². The van der Waals surface area contributed by atoms with Crippen molar-refractivity contribution in [3.05, 3.63) is 17.5 Å². The Hall–Kier alpha value is -0.970.